The van der Waals surface area contributed by atoms with Gasteiger partial charge in [-0.1, -0.05) is 31.5 Å². The van der Waals surface area contributed by atoms with E-state index in [0.29, 0.717) is 40.5 Å². The van der Waals surface area contributed by atoms with Gasteiger partial charge in [0.1, 0.15) is 5.69 Å². The number of rotatable bonds is 9. The number of ether oxygens (including phenoxy) is 1. The number of hydrogen-bond donors (Lipinski definition) is 0. The van der Waals surface area contributed by atoms with Gasteiger partial charge in [0.05, 0.1) is 12.6 Å². The third-order valence-corrected chi connectivity index (χ3v) is 6.00. The molecule has 0 aliphatic heterocycles. The summed E-state index contributed by atoms with van der Waals surface area (Å²) in [5.41, 5.74) is 3.77. The van der Waals surface area contributed by atoms with Crippen LogP contribution in [0.5, 0.6) is 0 Å². The number of ketones is 1. The van der Waals surface area contributed by atoms with E-state index in [2.05, 4.69) is 13.8 Å². The normalized spacial score (nSPS) is 12.0. The zero-order valence-corrected chi connectivity index (χ0v) is 20.6. The number of Topliss-reactive ketones (excluding diaryl/α,β-unsaturated/α-hetero) is 1. The van der Waals surface area contributed by atoms with Crippen molar-refractivity contribution in [3.63, 3.8) is 0 Å². The maximum atomic E-state index is 13.6. The first-order valence-corrected chi connectivity index (χ1v) is 11.3. The van der Waals surface area contributed by atoms with Crippen LogP contribution in [0.1, 0.15) is 82.1 Å². The number of carbonyl (C=O) groups is 3. The van der Waals surface area contributed by atoms with Gasteiger partial charge >= 0.3 is 5.97 Å². The van der Waals surface area contributed by atoms with Crippen molar-refractivity contribution < 1.29 is 19.1 Å². The van der Waals surface area contributed by atoms with Crippen LogP contribution in [0.3, 0.4) is 0 Å². The highest BCUT2D eigenvalue weighted by Gasteiger charge is 2.32. The molecule has 1 atom stereocenters. The van der Waals surface area contributed by atoms with Gasteiger partial charge in [-0.05, 0) is 64.7 Å². The molecule has 0 N–H and O–H groups in total. The Labute approximate surface area is 191 Å². The van der Waals surface area contributed by atoms with Crippen LogP contribution in [0.4, 0.5) is 0 Å². The topological polar surface area (TPSA) is 68.6 Å². The molecule has 1 heterocycles. The largest absolute Gasteiger partial charge is 0.461 e. The fourth-order valence-electron chi connectivity index (χ4n) is 3.91. The molecule has 0 bridgehead atoms. The number of amides is 1. The summed E-state index contributed by atoms with van der Waals surface area (Å²) in [4.78, 5) is 41.1. The average Bonchev–Trinajstić information content (AvgIpc) is 2.96. The van der Waals surface area contributed by atoms with Gasteiger partial charge in [-0.2, -0.15) is 0 Å². The molecule has 1 aromatic heterocycles. The van der Waals surface area contributed by atoms with Crippen LogP contribution in [0.2, 0.25) is 0 Å². The Balaban J connectivity index is 2.45. The molecule has 0 aliphatic carbocycles. The van der Waals surface area contributed by atoms with E-state index in [1.807, 2.05) is 26.0 Å². The molecule has 0 saturated heterocycles. The van der Waals surface area contributed by atoms with Crippen LogP contribution in [-0.2, 0) is 11.8 Å². The van der Waals surface area contributed by atoms with Crippen LogP contribution >= 0.6 is 0 Å². The minimum Gasteiger partial charge on any atom is -0.461 e. The molecule has 174 valence electrons. The van der Waals surface area contributed by atoms with Gasteiger partial charge < -0.3 is 14.2 Å². The number of carbonyl (C=O) groups excluding carboxylic acids is 3. The lowest BCUT2D eigenvalue weighted by atomic mass is 9.98. The zero-order valence-electron chi connectivity index (χ0n) is 20.6. The fraction of sp³-hybridized carbons (Fsp3) is 0.500. The summed E-state index contributed by atoms with van der Waals surface area (Å²) in [6.45, 7) is 14.0. The molecule has 0 radical (unpaired) electrons. The highest BCUT2D eigenvalue weighted by Crippen LogP contribution is 2.25. The third-order valence-electron chi connectivity index (χ3n) is 6.00. The van der Waals surface area contributed by atoms with Crippen molar-refractivity contribution in [2.45, 2.75) is 60.9 Å². The number of aromatic nitrogens is 1. The molecule has 0 aliphatic rings. The molecule has 1 amide bonds. The van der Waals surface area contributed by atoms with E-state index in [0.717, 1.165) is 12.0 Å². The van der Waals surface area contributed by atoms with Crippen molar-refractivity contribution >= 4 is 17.7 Å². The van der Waals surface area contributed by atoms with Gasteiger partial charge in [-0.25, -0.2) is 4.79 Å². The second-order valence-electron chi connectivity index (χ2n) is 8.80. The van der Waals surface area contributed by atoms with Gasteiger partial charge in [0.2, 0.25) is 0 Å². The smallest absolute Gasteiger partial charge is 0.355 e. The number of esters is 1. The number of nitrogens with zero attached hydrogens (tertiary/aromatic N) is 2. The Hall–Kier alpha value is -2.89. The molecule has 1 unspecified atom stereocenters. The summed E-state index contributed by atoms with van der Waals surface area (Å²) in [6.07, 6.45) is 0.788. The summed E-state index contributed by atoms with van der Waals surface area (Å²) in [6, 6.07) is 6.73. The van der Waals surface area contributed by atoms with Crippen molar-refractivity contribution in [1.29, 1.82) is 0 Å². The Kier molecular flexibility index (Phi) is 8.42. The molecule has 0 spiro atoms. The van der Waals surface area contributed by atoms with E-state index in [1.165, 1.54) is 0 Å². The van der Waals surface area contributed by atoms with Crippen LogP contribution in [0.25, 0.3) is 0 Å². The lowest BCUT2D eigenvalue weighted by Crippen LogP contribution is -2.44. The number of aryl methyl sites for hydroxylation is 1. The molecule has 2 rings (SSSR count). The number of benzene rings is 1. The molecule has 0 saturated carbocycles. The van der Waals surface area contributed by atoms with Crippen molar-refractivity contribution in [2.24, 2.45) is 13.0 Å². The minimum atomic E-state index is -0.669. The van der Waals surface area contributed by atoms with Crippen molar-refractivity contribution in [3.05, 3.63) is 57.9 Å². The highest BCUT2D eigenvalue weighted by molar-refractivity contribution is 6.07. The van der Waals surface area contributed by atoms with Gasteiger partial charge in [0.25, 0.3) is 5.91 Å². The predicted molar refractivity (Wildman–Crippen MR) is 126 cm³/mol. The predicted octanol–water partition coefficient (Wildman–Crippen LogP) is 4.89. The fourth-order valence-corrected chi connectivity index (χ4v) is 3.91. The average molecular weight is 441 g/mol. The second kappa shape index (κ2) is 10.6. The van der Waals surface area contributed by atoms with Crippen molar-refractivity contribution in [2.75, 3.05) is 13.2 Å². The molecule has 2 aromatic rings. The van der Waals surface area contributed by atoms with Crippen LogP contribution in [-0.4, -0.2) is 46.3 Å². The Morgan fingerprint density at radius 1 is 1.03 bits per heavy atom. The summed E-state index contributed by atoms with van der Waals surface area (Å²) >= 11 is 0. The van der Waals surface area contributed by atoms with E-state index in [1.54, 1.807) is 49.4 Å². The van der Waals surface area contributed by atoms with Gasteiger partial charge in [0.15, 0.2) is 5.78 Å². The van der Waals surface area contributed by atoms with Crippen LogP contribution in [0, 0.1) is 26.7 Å². The molecule has 32 heavy (non-hydrogen) atoms. The zero-order chi connectivity index (χ0) is 24.2. The highest BCUT2D eigenvalue weighted by atomic mass is 16.5. The van der Waals surface area contributed by atoms with Gasteiger partial charge in [0, 0.05) is 30.4 Å². The SMILES string of the molecule is CCOC(=O)c1c(C)c(C(=O)C(C)N(CCC(C)C)C(=O)c2ccc(C)cc2)c(C)n1C. The first kappa shape index (κ1) is 25.4. The Morgan fingerprint density at radius 2 is 1.62 bits per heavy atom. The maximum Gasteiger partial charge on any atom is 0.355 e. The molecule has 0 fully saturated rings. The molecular weight excluding hydrogens is 404 g/mol. The van der Waals surface area contributed by atoms with E-state index in [9.17, 15) is 14.4 Å². The summed E-state index contributed by atoms with van der Waals surface area (Å²) < 4.78 is 6.88. The van der Waals surface area contributed by atoms with E-state index < -0.39 is 12.0 Å². The lowest BCUT2D eigenvalue weighted by Gasteiger charge is -2.29. The van der Waals surface area contributed by atoms with E-state index >= 15 is 0 Å². The minimum absolute atomic E-state index is 0.164. The maximum absolute atomic E-state index is 13.6. The standard InChI is InChI=1S/C26H36N2O4/c1-9-32-26(31)23-18(5)22(19(6)27(23)8)24(29)20(7)28(15-14-16(2)3)25(30)21-12-10-17(4)11-13-21/h10-13,16,20H,9,14-15H2,1-8H3. The first-order valence-electron chi connectivity index (χ1n) is 11.3. The Morgan fingerprint density at radius 3 is 2.16 bits per heavy atom. The van der Waals surface area contributed by atoms with E-state index in [4.69, 9.17) is 4.74 Å². The van der Waals surface area contributed by atoms with Crippen LogP contribution in [0.15, 0.2) is 24.3 Å². The van der Waals surface area contributed by atoms with Crippen molar-refractivity contribution in [3.8, 4) is 0 Å². The monoisotopic (exact) mass is 440 g/mol. The van der Waals surface area contributed by atoms with Crippen LogP contribution < -0.4 is 0 Å². The third kappa shape index (κ3) is 5.29. The summed E-state index contributed by atoms with van der Waals surface area (Å²) in [5.74, 6) is -0.394. The quantitative estimate of drug-likeness (QED) is 0.411. The Bertz CT molecular complexity index is 986. The van der Waals surface area contributed by atoms with Crippen molar-refractivity contribution in [1.82, 2.24) is 9.47 Å². The lowest BCUT2D eigenvalue weighted by molar-refractivity contribution is 0.0513. The van der Waals surface area contributed by atoms with Gasteiger partial charge in [-0.3, -0.25) is 9.59 Å². The second-order valence-corrected chi connectivity index (χ2v) is 8.80. The molecule has 6 nitrogen and oxygen atoms in total. The summed E-state index contributed by atoms with van der Waals surface area (Å²) in [5, 5.41) is 0. The molecule has 1 aromatic carbocycles. The van der Waals surface area contributed by atoms with E-state index in [-0.39, 0.29) is 18.3 Å². The molecule has 6 heteroatoms. The van der Waals surface area contributed by atoms with Gasteiger partial charge in [-0.15, -0.1) is 0 Å². The summed E-state index contributed by atoms with van der Waals surface area (Å²) in [7, 11) is 1.75. The number of hydrogen-bond acceptors (Lipinski definition) is 4. The first-order chi connectivity index (χ1) is 15.0. The molecular formula is C26H36N2O4.